The Morgan fingerprint density at radius 2 is 1.92 bits per heavy atom. The van der Waals surface area contributed by atoms with E-state index in [-0.39, 0.29) is 11.9 Å². The van der Waals surface area contributed by atoms with E-state index in [0.29, 0.717) is 21.6 Å². The van der Waals surface area contributed by atoms with Gasteiger partial charge in [0.15, 0.2) is 10.8 Å². The van der Waals surface area contributed by atoms with Crippen LogP contribution in [-0.2, 0) is 0 Å². The van der Waals surface area contributed by atoms with Gasteiger partial charge in [-0.3, -0.25) is 4.79 Å². The highest BCUT2D eigenvalue weighted by Crippen LogP contribution is 2.41. The molecule has 2 atom stereocenters. The van der Waals surface area contributed by atoms with Crippen molar-refractivity contribution in [3.8, 4) is 10.8 Å². The molecule has 0 bridgehead atoms. The van der Waals surface area contributed by atoms with Crippen molar-refractivity contribution in [2.75, 3.05) is 0 Å². The van der Waals surface area contributed by atoms with Crippen molar-refractivity contribution in [3.05, 3.63) is 64.9 Å². The maximum absolute atomic E-state index is 12.6. The highest BCUT2D eigenvalue weighted by molar-refractivity contribution is 7.17. The lowest BCUT2D eigenvalue weighted by atomic mass is 10.1. The number of thiazole rings is 1. The molecule has 1 aliphatic rings. The van der Waals surface area contributed by atoms with Crippen LogP contribution in [0.2, 0.25) is 0 Å². The third kappa shape index (κ3) is 2.92. The van der Waals surface area contributed by atoms with Gasteiger partial charge in [0.1, 0.15) is 4.88 Å². The second kappa shape index (κ2) is 6.13. The highest BCUT2D eigenvalue weighted by atomic mass is 32.1. The Morgan fingerprint density at radius 1 is 1.17 bits per heavy atom. The molecule has 24 heavy (non-hydrogen) atoms. The van der Waals surface area contributed by atoms with Crippen LogP contribution >= 0.6 is 11.3 Å². The third-order valence-electron chi connectivity index (χ3n) is 4.09. The fourth-order valence-corrected chi connectivity index (χ4v) is 3.69. The molecule has 0 saturated heterocycles. The van der Waals surface area contributed by atoms with Gasteiger partial charge in [-0.05, 0) is 25.0 Å². The second-order valence-corrected chi connectivity index (χ2v) is 6.84. The molecule has 6 heteroatoms. The predicted molar refractivity (Wildman–Crippen MR) is 92.9 cm³/mol. The summed E-state index contributed by atoms with van der Waals surface area (Å²) in [6.07, 6.45) is 4.34. The third-order valence-corrected chi connectivity index (χ3v) is 5.25. The van der Waals surface area contributed by atoms with Crippen molar-refractivity contribution in [2.24, 2.45) is 0 Å². The van der Waals surface area contributed by atoms with Gasteiger partial charge in [0.05, 0.1) is 5.69 Å². The lowest BCUT2D eigenvalue weighted by molar-refractivity contribution is 0.0953. The number of aryl methyl sites for hydroxylation is 1. The Hall–Kier alpha value is -2.60. The first kappa shape index (κ1) is 15.0. The minimum atomic E-state index is -0.0596. The maximum atomic E-state index is 12.6. The first-order valence-corrected chi connectivity index (χ1v) is 8.64. The average Bonchev–Trinajstić information content (AvgIpc) is 3.27. The van der Waals surface area contributed by atoms with Crippen LogP contribution in [0, 0.1) is 6.92 Å². The number of benzene rings is 1. The molecular weight excluding hydrogens is 320 g/mol. The topological polar surface area (TPSA) is 67.8 Å². The summed E-state index contributed by atoms with van der Waals surface area (Å²) in [7, 11) is 0. The molecule has 1 aromatic carbocycles. The van der Waals surface area contributed by atoms with Crippen molar-refractivity contribution < 1.29 is 4.79 Å². The smallest absolute Gasteiger partial charge is 0.263 e. The molecule has 0 aliphatic heterocycles. The van der Waals surface area contributed by atoms with E-state index in [1.807, 2.05) is 25.1 Å². The molecule has 2 unspecified atom stereocenters. The van der Waals surface area contributed by atoms with E-state index in [4.69, 9.17) is 0 Å². The van der Waals surface area contributed by atoms with Crippen LogP contribution in [-0.4, -0.2) is 26.9 Å². The van der Waals surface area contributed by atoms with Crippen LogP contribution in [0.5, 0.6) is 0 Å². The largest absolute Gasteiger partial charge is 0.348 e. The van der Waals surface area contributed by atoms with Gasteiger partial charge < -0.3 is 5.32 Å². The van der Waals surface area contributed by atoms with Gasteiger partial charge in [0.2, 0.25) is 0 Å². The highest BCUT2D eigenvalue weighted by Gasteiger charge is 2.39. The Bertz CT molecular complexity index is 863. The SMILES string of the molecule is Cc1nc(-c2ncccn2)sc1C(=O)NC1CC1c1ccccc1. The molecule has 1 amide bonds. The zero-order chi connectivity index (χ0) is 16.5. The van der Waals surface area contributed by atoms with Crippen molar-refractivity contribution in [2.45, 2.75) is 25.3 Å². The van der Waals surface area contributed by atoms with E-state index >= 15 is 0 Å². The van der Waals surface area contributed by atoms with Gasteiger partial charge in [-0.15, -0.1) is 11.3 Å². The Labute approximate surface area is 143 Å². The number of carbonyl (C=O) groups is 1. The van der Waals surface area contributed by atoms with E-state index < -0.39 is 0 Å². The van der Waals surface area contributed by atoms with Crippen LogP contribution in [0.4, 0.5) is 0 Å². The lowest BCUT2D eigenvalue weighted by Gasteiger charge is -2.03. The molecule has 1 aliphatic carbocycles. The molecule has 3 aromatic rings. The Kier molecular flexibility index (Phi) is 3.82. The van der Waals surface area contributed by atoms with E-state index in [2.05, 4.69) is 32.4 Å². The number of hydrogen-bond acceptors (Lipinski definition) is 5. The van der Waals surface area contributed by atoms with Gasteiger partial charge in [-0.1, -0.05) is 30.3 Å². The Balaban J connectivity index is 1.47. The number of aromatic nitrogens is 3. The lowest BCUT2D eigenvalue weighted by Crippen LogP contribution is -2.26. The number of hydrogen-bond donors (Lipinski definition) is 1. The van der Waals surface area contributed by atoms with Gasteiger partial charge in [0.25, 0.3) is 5.91 Å². The van der Waals surface area contributed by atoms with Crippen LogP contribution < -0.4 is 5.32 Å². The quantitative estimate of drug-likeness (QED) is 0.794. The van der Waals surface area contributed by atoms with Crippen LogP contribution in [0.3, 0.4) is 0 Å². The molecule has 1 saturated carbocycles. The van der Waals surface area contributed by atoms with Gasteiger partial charge in [-0.2, -0.15) is 0 Å². The minimum Gasteiger partial charge on any atom is -0.348 e. The van der Waals surface area contributed by atoms with Crippen LogP contribution in [0.25, 0.3) is 10.8 Å². The Morgan fingerprint density at radius 3 is 2.67 bits per heavy atom. The predicted octanol–water partition coefficient (Wildman–Crippen LogP) is 3.19. The fraction of sp³-hybridized carbons (Fsp3) is 0.222. The van der Waals surface area contributed by atoms with E-state index in [1.54, 1.807) is 18.5 Å². The number of nitrogens with zero attached hydrogens (tertiary/aromatic N) is 3. The molecular formula is C18H16N4OS. The average molecular weight is 336 g/mol. The molecule has 2 heterocycles. The summed E-state index contributed by atoms with van der Waals surface area (Å²) in [4.78, 5) is 26.0. The first-order valence-electron chi connectivity index (χ1n) is 7.83. The van der Waals surface area contributed by atoms with E-state index in [1.165, 1.54) is 16.9 Å². The number of carbonyl (C=O) groups excluding carboxylic acids is 1. The van der Waals surface area contributed by atoms with Crippen molar-refractivity contribution in [3.63, 3.8) is 0 Å². The zero-order valence-corrected chi connectivity index (χ0v) is 14.0. The molecule has 120 valence electrons. The standard InChI is InChI=1S/C18H16N4OS/c1-11-15(24-18(21-11)16-19-8-5-9-20-16)17(23)22-14-10-13(14)12-6-3-2-4-7-12/h2-9,13-14H,10H2,1H3,(H,22,23). The first-order chi connectivity index (χ1) is 11.7. The molecule has 1 fully saturated rings. The molecule has 5 nitrogen and oxygen atoms in total. The van der Waals surface area contributed by atoms with Crippen LogP contribution in [0.1, 0.15) is 33.3 Å². The second-order valence-electron chi connectivity index (χ2n) is 5.84. The summed E-state index contributed by atoms with van der Waals surface area (Å²) >= 11 is 1.34. The maximum Gasteiger partial charge on any atom is 0.263 e. The summed E-state index contributed by atoms with van der Waals surface area (Å²) in [5.41, 5.74) is 2.00. The van der Waals surface area contributed by atoms with Gasteiger partial charge in [-0.25, -0.2) is 15.0 Å². The summed E-state index contributed by atoms with van der Waals surface area (Å²) in [5, 5.41) is 3.79. The number of rotatable bonds is 4. The van der Waals surface area contributed by atoms with E-state index in [0.717, 1.165) is 12.1 Å². The van der Waals surface area contributed by atoms with Crippen molar-refractivity contribution >= 4 is 17.2 Å². The summed E-state index contributed by atoms with van der Waals surface area (Å²) in [6.45, 7) is 1.85. The molecule has 0 spiro atoms. The van der Waals surface area contributed by atoms with Gasteiger partial charge in [0, 0.05) is 24.4 Å². The van der Waals surface area contributed by atoms with E-state index in [9.17, 15) is 4.79 Å². The zero-order valence-electron chi connectivity index (χ0n) is 13.1. The molecule has 0 radical (unpaired) electrons. The van der Waals surface area contributed by atoms with Crippen molar-refractivity contribution in [1.29, 1.82) is 0 Å². The minimum absolute atomic E-state index is 0.0596. The summed E-state index contributed by atoms with van der Waals surface area (Å²) in [5.74, 6) is 0.911. The molecule has 4 rings (SSSR count). The van der Waals surface area contributed by atoms with Gasteiger partial charge >= 0.3 is 0 Å². The van der Waals surface area contributed by atoms with Crippen molar-refractivity contribution in [1.82, 2.24) is 20.3 Å². The number of nitrogens with one attached hydrogen (secondary N) is 1. The monoisotopic (exact) mass is 336 g/mol. The fourth-order valence-electron chi connectivity index (χ4n) is 2.77. The normalized spacial score (nSPS) is 19.0. The van der Waals surface area contributed by atoms with Crippen LogP contribution in [0.15, 0.2) is 48.8 Å². The number of amides is 1. The summed E-state index contributed by atoms with van der Waals surface area (Å²) in [6, 6.07) is 12.3. The summed E-state index contributed by atoms with van der Waals surface area (Å²) < 4.78 is 0. The molecule has 1 N–H and O–H groups in total. The molecule has 2 aromatic heterocycles.